The van der Waals surface area contributed by atoms with Gasteiger partial charge in [-0.15, -0.1) is 0 Å². The molecule has 0 heterocycles. The van der Waals surface area contributed by atoms with Crippen molar-refractivity contribution < 1.29 is 19.1 Å². The molecule has 0 atom stereocenters. The lowest BCUT2D eigenvalue weighted by Gasteiger charge is -2.09. The summed E-state index contributed by atoms with van der Waals surface area (Å²) in [6, 6.07) is 0. The summed E-state index contributed by atoms with van der Waals surface area (Å²) in [5.41, 5.74) is 0. The van der Waals surface area contributed by atoms with Crippen LogP contribution in [-0.4, -0.2) is 38.5 Å². The molecule has 6 heteroatoms. The van der Waals surface area contributed by atoms with Gasteiger partial charge in [0.25, 0.3) is 0 Å². The van der Waals surface area contributed by atoms with Crippen molar-refractivity contribution >= 4 is 12.2 Å². The number of alkyl carbamates (subject to hydrolysis) is 2. The van der Waals surface area contributed by atoms with E-state index in [0.29, 0.717) is 38.1 Å². The molecular formula is C17H34N2O4. The predicted molar refractivity (Wildman–Crippen MR) is 91.5 cm³/mol. The van der Waals surface area contributed by atoms with Crippen LogP contribution in [0.1, 0.15) is 59.8 Å². The Morgan fingerprint density at radius 2 is 1.04 bits per heavy atom. The molecular weight excluding hydrogens is 296 g/mol. The molecule has 0 aromatic carbocycles. The number of hydrogen-bond donors (Lipinski definition) is 2. The Morgan fingerprint density at radius 1 is 0.696 bits per heavy atom. The monoisotopic (exact) mass is 330 g/mol. The van der Waals surface area contributed by atoms with Crippen molar-refractivity contribution in [1.82, 2.24) is 10.6 Å². The molecule has 0 aromatic rings. The highest BCUT2D eigenvalue weighted by atomic mass is 16.6. The largest absolute Gasteiger partial charge is 0.449 e. The van der Waals surface area contributed by atoms with Gasteiger partial charge in [-0.3, -0.25) is 0 Å². The van der Waals surface area contributed by atoms with Gasteiger partial charge >= 0.3 is 12.2 Å². The van der Waals surface area contributed by atoms with E-state index in [4.69, 9.17) is 9.47 Å². The second kappa shape index (κ2) is 14.2. The highest BCUT2D eigenvalue weighted by molar-refractivity contribution is 5.67. The van der Waals surface area contributed by atoms with E-state index in [-0.39, 0.29) is 12.2 Å². The Morgan fingerprint density at radius 3 is 1.39 bits per heavy atom. The van der Waals surface area contributed by atoms with Crippen LogP contribution in [0.25, 0.3) is 0 Å². The molecule has 0 rings (SSSR count). The highest BCUT2D eigenvalue weighted by Gasteiger charge is 2.03. The van der Waals surface area contributed by atoms with E-state index >= 15 is 0 Å². The molecule has 0 fully saturated rings. The molecule has 0 unspecified atom stereocenters. The first-order valence-corrected chi connectivity index (χ1v) is 8.73. The SMILES string of the molecule is CC(C)COC(=O)NCCCCCCCNC(=O)OCC(C)C. The summed E-state index contributed by atoms with van der Waals surface area (Å²) in [5, 5.41) is 5.49. The highest BCUT2D eigenvalue weighted by Crippen LogP contribution is 2.02. The van der Waals surface area contributed by atoms with Crippen molar-refractivity contribution in [3.63, 3.8) is 0 Å². The fraction of sp³-hybridized carbons (Fsp3) is 0.882. The molecule has 0 spiro atoms. The van der Waals surface area contributed by atoms with E-state index in [9.17, 15) is 9.59 Å². The molecule has 2 N–H and O–H groups in total. The van der Waals surface area contributed by atoms with Crippen molar-refractivity contribution in [3.8, 4) is 0 Å². The summed E-state index contributed by atoms with van der Waals surface area (Å²) in [4.78, 5) is 22.6. The maximum Gasteiger partial charge on any atom is 0.407 e. The van der Waals surface area contributed by atoms with Crippen molar-refractivity contribution in [1.29, 1.82) is 0 Å². The number of carbonyl (C=O) groups is 2. The summed E-state index contributed by atoms with van der Waals surface area (Å²) in [7, 11) is 0. The lowest BCUT2D eigenvalue weighted by molar-refractivity contribution is 0.132. The van der Waals surface area contributed by atoms with Crippen LogP contribution in [0.15, 0.2) is 0 Å². The third-order valence-electron chi connectivity index (χ3n) is 2.99. The molecule has 6 nitrogen and oxygen atoms in total. The van der Waals surface area contributed by atoms with E-state index in [0.717, 1.165) is 32.1 Å². The first-order chi connectivity index (χ1) is 10.9. The van der Waals surface area contributed by atoms with E-state index in [1.807, 2.05) is 27.7 Å². The maximum absolute atomic E-state index is 11.3. The number of nitrogens with one attached hydrogen (secondary N) is 2. The Labute approximate surface area is 140 Å². The zero-order valence-electron chi connectivity index (χ0n) is 15.2. The average molecular weight is 330 g/mol. The molecule has 0 saturated heterocycles. The zero-order chi connectivity index (χ0) is 17.5. The summed E-state index contributed by atoms with van der Waals surface area (Å²) in [5.74, 6) is 0.717. The van der Waals surface area contributed by atoms with Crippen molar-refractivity contribution in [2.24, 2.45) is 11.8 Å². The molecule has 0 aliphatic carbocycles. The normalized spacial score (nSPS) is 10.7. The van der Waals surface area contributed by atoms with Crippen LogP contribution >= 0.6 is 0 Å². The van der Waals surface area contributed by atoms with Crippen LogP contribution in [0.4, 0.5) is 9.59 Å². The average Bonchev–Trinajstić information content (AvgIpc) is 2.49. The number of amides is 2. The number of rotatable bonds is 12. The van der Waals surface area contributed by atoms with Gasteiger partial charge in [-0.25, -0.2) is 9.59 Å². The Bertz CT molecular complexity index is 290. The molecule has 0 aliphatic heterocycles. The molecule has 0 radical (unpaired) electrons. The fourth-order valence-corrected chi connectivity index (χ4v) is 1.75. The lowest BCUT2D eigenvalue weighted by Crippen LogP contribution is -2.27. The van der Waals surface area contributed by atoms with Gasteiger partial charge in [0.05, 0.1) is 13.2 Å². The summed E-state index contributed by atoms with van der Waals surface area (Å²) in [6.45, 7) is 10.2. The fourth-order valence-electron chi connectivity index (χ4n) is 1.75. The second-order valence-corrected chi connectivity index (χ2v) is 6.61. The van der Waals surface area contributed by atoms with Gasteiger partial charge in [-0.1, -0.05) is 47.0 Å². The second-order valence-electron chi connectivity index (χ2n) is 6.61. The molecule has 23 heavy (non-hydrogen) atoms. The third-order valence-corrected chi connectivity index (χ3v) is 2.99. The van der Waals surface area contributed by atoms with E-state index in [2.05, 4.69) is 10.6 Å². The van der Waals surface area contributed by atoms with Gasteiger partial charge in [0.2, 0.25) is 0 Å². The quantitative estimate of drug-likeness (QED) is 0.535. The molecule has 136 valence electrons. The Hall–Kier alpha value is -1.46. The topological polar surface area (TPSA) is 76.7 Å². The van der Waals surface area contributed by atoms with E-state index in [1.54, 1.807) is 0 Å². The summed E-state index contributed by atoms with van der Waals surface area (Å²) >= 11 is 0. The first kappa shape index (κ1) is 21.5. The minimum absolute atomic E-state index is 0.331. The predicted octanol–water partition coefficient (Wildman–Crippen LogP) is 3.70. The van der Waals surface area contributed by atoms with Gasteiger partial charge in [-0.05, 0) is 24.7 Å². The summed E-state index contributed by atoms with van der Waals surface area (Å²) in [6.07, 6.45) is 4.43. The molecule has 0 aliphatic rings. The van der Waals surface area contributed by atoms with Gasteiger partial charge in [0.15, 0.2) is 0 Å². The third kappa shape index (κ3) is 16.7. The molecule has 0 saturated carbocycles. The van der Waals surface area contributed by atoms with Crippen LogP contribution in [-0.2, 0) is 9.47 Å². The van der Waals surface area contributed by atoms with Gasteiger partial charge in [-0.2, -0.15) is 0 Å². The van der Waals surface area contributed by atoms with E-state index in [1.165, 1.54) is 0 Å². The van der Waals surface area contributed by atoms with Gasteiger partial charge < -0.3 is 20.1 Å². The van der Waals surface area contributed by atoms with Crippen LogP contribution in [0.3, 0.4) is 0 Å². The Kier molecular flexibility index (Phi) is 13.3. The van der Waals surface area contributed by atoms with Crippen molar-refractivity contribution in [2.75, 3.05) is 26.3 Å². The molecule has 0 aromatic heterocycles. The number of carbonyl (C=O) groups excluding carboxylic acids is 2. The van der Waals surface area contributed by atoms with Crippen LogP contribution in [0.2, 0.25) is 0 Å². The van der Waals surface area contributed by atoms with Crippen molar-refractivity contribution in [3.05, 3.63) is 0 Å². The zero-order valence-corrected chi connectivity index (χ0v) is 15.2. The lowest BCUT2D eigenvalue weighted by atomic mass is 10.1. The van der Waals surface area contributed by atoms with Crippen LogP contribution in [0.5, 0.6) is 0 Å². The standard InChI is InChI=1S/C17H34N2O4/c1-14(2)12-22-16(20)18-10-8-6-5-7-9-11-19-17(21)23-13-15(3)4/h14-15H,5-13H2,1-4H3,(H,18,20)(H,19,21). The number of ether oxygens (including phenoxy) is 2. The van der Waals surface area contributed by atoms with Crippen LogP contribution < -0.4 is 10.6 Å². The minimum Gasteiger partial charge on any atom is -0.449 e. The van der Waals surface area contributed by atoms with Gasteiger partial charge in [0, 0.05) is 13.1 Å². The van der Waals surface area contributed by atoms with E-state index < -0.39 is 0 Å². The number of hydrogen-bond acceptors (Lipinski definition) is 4. The molecule has 0 bridgehead atoms. The maximum atomic E-state index is 11.3. The first-order valence-electron chi connectivity index (χ1n) is 8.73. The Balaban J connectivity index is 3.27. The number of unbranched alkanes of at least 4 members (excludes halogenated alkanes) is 4. The van der Waals surface area contributed by atoms with Crippen molar-refractivity contribution in [2.45, 2.75) is 59.8 Å². The molecule has 2 amide bonds. The smallest absolute Gasteiger partial charge is 0.407 e. The van der Waals surface area contributed by atoms with Gasteiger partial charge in [0.1, 0.15) is 0 Å². The van der Waals surface area contributed by atoms with Crippen LogP contribution in [0, 0.1) is 11.8 Å². The minimum atomic E-state index is -0.331. The summed E-state index contributed by atoms with van der Waals surface area (Å²) < 4.78 is 10.0.